The quantitative estimate of drug-likeness (QED) is 0.612. The van der Waals surface area contributed by atoms with Gasteiger partial charge in [-0.25, -0.2) is 18.6 Å². The molecule has 2 aliphatic rings. The molecule has 2 aliphatic heterocycles. The number of rotatable bonds is 8. The van der Waals surface area contributed by atoms with Gasteiger partial charge in [0.1, 0.15) is 12.9 Å². The predicted molar refractivity (Wildman–Crippen MR) is 97.7 cm³/mol. The number of nitrogens with one attached hydrogen (secondary N) is 1. The molecule has 1 fully saturated rings. The van der Waals surface area contributed by atoms with Crippen molar-refractivity contribution in [3.63, 3.8) is 0 Å². The molecule has 3 rings (SSSR count). The van der Waals surface area contributed by atoms with Crippen molar-refractivity contribution in [2.75, 3.05) is 39.4 Å². The van der Waals surface area contributed by atoms with Crippen molar-refractivity contribution < 1.29 is 28.2 Å². The van der Waals surface area contributed by atoms with E-state index in [1.165, 1.54) is 11.3 Å². The summed E-state index contributed by atoms with van der Waals surface area (Å²) >= 11 is 1.38. The standard InChI is InChI=1S/C17H20F2N4O4S/c18-17(19)3-11(8-27-9-14(25)26)5-23(10-17)6-13-12(7-24)4-21-15(22-13)16-20-1-2-28-16/h1-2,7,11H,3-6,8-10H2,(H,21,22)(H,25,26). The number of piperidine rings is 1. The fourth-order valence-electron chi connectivity index (χ4n) is 3.31. The number of likely N-dealkylation sites (tertiary alicyclic amines) is 1. The van der Waals surface area contributed by atoms with Crippen LogP contribution < -0.4 is 5.32 Å². The summed E-state index contributed by atoms with van der Waals surface area (Å²) in [5, 5.41) is 14.1. The van der Waals surface area contributed by atoms with Crippen LogP contribution in [0.1, 0.15) is 11.4 Å². The Labute approximate surface area is 163 Å². The Hall–Kier alpha value is -2.24. The first kappa shape index (κ1) is 20.5. The summed E-state index contributed by atoms with van der Waals surface area (Å²) in [5.41, 5.74) is 0.936. The molecule has 8 nitrogen and oxygen atoms in total. The smallest absolute Gasteiger partial charge is 0.329 e. The van der Waals surface area contributed by atoms with Crippen molar-refractivity contribution in [2.24, 2.45) is 10.9 Å². The number of hydrogen-bond donors (Lipinski definition) is 2. The lowest BCUT2D eigenvalue weighted by Gasteiger charge is -2.38. The number of halogens is 2. The number of aldehydes is 1. The zero-order valence-corrected chi connectivity index (χ0v) is 15.8. The first-order chi connectivity index (χ1) is 13.4. The first-order valence-corrected chi connectivity index (χ1v) is 9.52. The number of thiazole rings is 1. The Bertz CT molecular complexity index is 782. The lowest BCUT2D eigenvalue weighted by molar-refractivity contribution is -0.144. The second-order valence-corrected chi connectivity index (χ2v) is 7.65. The predicted octanol–water partition coefficient (Wildman–Crippen LogP) is 1.00. The maximum absolute atomic E-state index is 14.2. The first-order valence-electron chi connectivity index (χ1n) is 8.64. The Morgan fingerprint density at radius 3 is 3.04 bits per heavy atom. The highest BCUT2D eigenvalue weighted by molar-refractivity contribution is 7.11. The molecule has 152 valence electrons. The lowest BCUT2D eigenvalue weighted by atomic mass is 9.95. The van der Waals surface area contributed by atoms with E-state index < -0.39 is 31.0 Å². The Morgan fingerprint density at radius 2 is 2.36 bits per heavy atom. The number of nitrogens with zero attached hydrogens (tertiary/aromatic N) is 3. The molecule has 1 aromatic heterocycles. The van der Waals surface area contributed by atoms with Gasteiger partial charge in [-0.15, -0.1) is 11.3 Å². The molecule has 0 spiro atoms. The molecule has 0 aromatic carbocycles. The molecule has 1 atom stereocenters. The van der Waals surface area contributed by atoms with Crippen molar-refractivity contribution in [3.8, 4) is 0 Å². The van der Waals surface area contributed by atoms with Crippen molar-refractivity contribution in [1.82, 2.24) is 15.2 Å². The molecule has 0 aliphatic carbocycles. The van der Waals surface area contributed by atoms with Gasteiger partial charge in [-0.3, -0.25) is 14.7 Å². The van der Waals surface area contributed by atoms with Gasteiger partial charge in [-0.1, -0.05) is 0 Å². The number of aromatic nitrogens is 1. The zero-order valence-electron chi connectivity index (χ0n) is 14.9. The van der Waals surface area contributed by atoms with Crippen LogP contribution in [0.4, 0.5) is 8.78 Å². The summed E-state index contributed by atoms with van der Waals surface area (Å²) in [6.07, 6.45) is 1.96. The number of alkyl halides is 2. The van der Waals surface area contributed by atoms with Crippen LogP contribution in [-0.2, 0) is 14.3 Å². The number of amidine groups is 1. The van der Waals surface area contributed by atoms with E-state index in [4.69, 9.17) is 9.84 Å². The molecular weight excluding hydrogens is 394 g/mol. The topological polar surface area (TPSA) is 104 Å². The number of carboxylic acid groups (broad SMARTS) is 1. The van der Waals surface area contributed by atoms with Gasteiger partial charge < -0.3 is 15.2 Å². The van der Waals surface area contributed by atoms with Crippen LogP contribution in [0.15, 0.2) is 27.8 Å². The summed E-state index contributed by atoms with van der Waals surface area (Å²) in [5.74, 6) is -4.04. The molecule has 0 saturated carbocycles. The Kier molecular flexibility index (Phi) is 6.47. The average molecular weight is 414 g/mol. The number of carboxylic acids is 1. The fraction of sp³-hybridized carbons (Fsp3) is 0.529. The molecule has 0 amide bonds. The van der Waals surface area contributed by atoms with Crippen LogP contribution >= 0.6 is 11.3 Å². The van der Waals surface area contributed by atoms with Crippen LogP contribution in [0.2, 0.25) is 0 Å². The van der Waals surface area contributed by atoms with Crippen LogP contribution in [0, 0.1) is 5.92 Å². The van der Waals surface area contributed by atoms with Gasteiger partial charge in [0.15, 0.2) is 10.8 Å². The van der Waals surface area contributed by atoms with Gasteiger partial charge in [0.05, 0.1) is 19.7 Å². The summed E-state index contributed by atoms with van der Waals surface area (Å²) in [6, 6.07) is 0. The van der Waals surface area contributed by atoms with Crippen LogP contribution in [0.3, 0.4) is 0 Å². The third-order valence-corrected chi connectivity index (χ3v) is 5.14. The normalized spacial score (nSPS) is 22.5. The number of hydrogen-bond acceptors (Lipinski definition) is 8. The van der Waals surface area contributed by atoms with Crippen molar-refractivity contribution in [1.29, 1.82) is 0 Å². The summed E-state index contributed by atoms with van der Waals surface area (Å²) < 4.78 is 33.3. The van der Waals surface area contributed by atoms with Crippen molar-refractivity contribution in [2.45, 2.75) is 12.3 Å². The van der Waals surface area contributed by atoms with Crippen molar-refractivity contribution in [3.05, 3.63) is 27.9 Å². The van der Waals surface area contributed by atoms with E-state index >= 15 is 0 Å². The maximum atomic E-state index is 14.2. The van der Waals surface area contributed by atoms with E-state index in [0.29, 0.717) is 34.9 Å². The molecule has 11 heteroatoms. The second-order valence-electron chi connectivity index (χ2n) is 6.75. The largest absolute Gasteiger partial charge is 0.480 e. The minimum absolute atomic E-state index is 0.0583. The van der Waals surface area contributed by atoms with E-state index in [1.54, 1.807) is 16.5 Å². The summed E-state index contributed by atoms with van der Waals surface area (Å²) in [6.45, 7) is -0.408. The van der Waals surface area contributed by atoms with Gasteiger partial charge in [0, 0.05) is 48.3 Å². The number of ether oxygens (including phenoxy) is 1. The average Bonchev–Trinajstić information content (AvgIpc) is 3.14. The van der Waals surface area contributed by atoms with Gasteiger partial charge in [0.2, 0.25) is 0 Å². The molecule has 3 heterocycles. The minimum Gasteiger partial charge on any atom is -0.480 e. The molecule has 1 saturated heterocycles. The SMILES string of the molecule is O=CC1=C(CN2CC(COCC(=O)O)CC(F)(F)C2)NC(c2nccs2)=NC1. The van der Waals surface area contributed by atoms with E-state index in [1.807, 2.05) is 0 Å². The minimum atomic E-state index is -2.92. The summed E-state index contributed by atoms with van der Waals surface area (Å²) in [7, 11) is 0. The number of carbonyl (C=O) groups excluding carboxylic acids is 1. The molecule has 0 bridgehead atoms. The maximum Gasteiger partial charge on any atom is 0.329 e. The highest BCUT2D eigenvalue weighted by Gasteiger charge is 2.40. The van der Waals surface area contributed by atoms with E-state index in [-0.39, 0.29) is 26.1 Å². The third kappa shape index (κ3) is 5.40. The van der Waals surface area contributed by atoms with Gasteiger partial charge in [-0.2, -0.15) is 0 Å². The van der Waals surface area contributed by atoms with Crippen LogP contribution in [0.5, 0.6) is 0 Å². The lowest BCUT2D eigenvalue weighted by Crippen LogP contribution is -2.50. The highest BCUT2D eigenvalue weighted by Crippen LogP contribution is 2.31. The molecule has 1 aromatic rings. The number of aliphatic carboxylic acids is 1. The molecule has 2 N–H and O–H groups in total. The number of aliphatic imine (C=N–C) groups is 1. The molecule has 28 heavy (non-hydrogen) atoms. The molecule has 0 radical (unpaired) electrons. The molecule has 1 unspecified atom stereocenters. The fourth-order valence-corrected chi connectivity index (χ4v) is 3.91. The van der Waals surface area contributed by atoms with E-state index in [2.05, 4.69) is 15.3 Å². The van der Waals surface area contributed by atoms with Gasteiger partial charge in [-0.05, 0) is 0 Å². The molecular formula is C17H20F2N4O4S. The Balaban J connectivity index is 1.66. The third-order valence-electron chi connectivity index (χ3n) is 4.36. The number of carbonyl (C=O) groups is 2. The second kappa shape index (κ2) is 8.84. The van der Waals surface area contributed by atoms with Crippen molar-refractivity contribution >= 4 is 29.4 Å². The van der Waals surface area contributed by atoms with Gasteiger partial charge >= 0.3 is 5.97 Å². The van der Waals surface area contributed by atoms with E-state index in [0.717, 1.165) is 0 Å². The Morgan fingerprint density at radius 1 is 1.54 bits per heavy atom. The zero-order chi connectivity index (χ0) is 20.1. The van der Waals surface area contributed by atoms with Crippen LogP contribution in [-0.4, -0.2) is 78.4 Å². The van der Waals surface area contributed by atoms with E-state index in [9.17, 15) is 18.4 Å². The monoisotopic (exact) mass is 414 g/mol. The van der Waals surface area contributed by atoms with Crippen LogP contribution in [0.25, 0.3) is 0 Å². The highest BCUT2D eigenvalue weighted by atomic mass is 32.1. The van der Waals surface area contributed by atoms with Gasteiger partial charge in [0.25, 0.3) is 5.92 Å². The summed E-state index contributed by atoms with van der Waals surface area (Å²) in [4.78, 5) is 31.9.